The summed E-state index contributed by atoms with van der Waals surface area (Å²) < 4.78 is 39.3. The van der Waals surface area contributed by atoms with Crippen LogP contribution in [-0.2, 0) is 6.18 Å². The first kappa shape index (κ1) is 16.0. The van der Waals surface area contributed by atoms with E-state index in [0.717, 1.165) is 18.9 Å². The maximum Gasteiger partial charge on any atom is 0.417 e. The van der Waals surface area contributed by atoms with Crippen LogP contribution in [0.15, 0.2) is 18.2 Å². The van der Waals surface area contributed by atoms with Crippen molar-refractivity contribution in [3.05, 3.63) is 29.3 Å². The number of aliphatic hydroxyl groups excluding tert-OH is 1. The summed E-state index contributed by atoms with van der Waals surface area (Å²) in [5, 5.41) is 9.10. The third-order valence-electron chi connectivity index (χ3n) is 3.81. The van der Waals surface area contributed by atoms with Crippen molar-refractivity contribution >= 4 is 22.9 Å². The van der Waals surface area contributed by atoms with E-state index in [4.69, 9.17) is 10.8 Å². The van der Waals surface area contributed by atoms with E-state index in [1.165, 1.54) is 6.07 Å². The zero-order valence-corrected chi connectivity index (χ0v) is 12.2. The first-order chi connectivity index (χ1) is 9.82. The maximum atomic E-state index is 13.1. The van der Waals surface area contributed by atoms with Gasteiger partial charge in [0.1, 0.15) is 4.99 Å². The number of alkyl halides is 3. The molecule has 1 aliphatic heterocycles. The largest absolute Gasteiger partial charge is 0.417 e. The van der Waals surface area contributed by atoms with Gasteiger partial charge >= 0.3 is 6.18 Å². The van der Waals surface area contributed by atoms with Crippen molar-refractivity contribution < 1.29 is 18.3 Å². The second kappa shape index (κ2) is 6.19. The summed E-state index contributed by atoms with van der Waals surface area (Å²) in [6, 6.07) is 4.05. The molecule has 0 unspecified atom stereocenters. The Balaban J connectivity index is 2.28. The minimum absolute atomic E-state index is 0.127. The fourth-order valence-electron chi connectivity index (χ4n) is 2.55. The van der Waals surface area contributed by atoms with E-state index >= 15 is 0 Å². The Morgan fingerprint density at radius 3 is 2.43 bits per heavy atom. The summed E-state index contributed by atoms with van der Waals surface area (Å²) in [6.07, 6.45) is -2.94. The van der Waals surface area contributed by atoms with E-state index in [9.17, 15) is 13.2 Å². The van der Waals surface area contributed by atoms with Crippen molar-refractivity contribution in [2.45, 2.75) is 19.0 Å². The Morgan fingerprint density at radius 2 is 1.95 bits per heavy atom. The molecule has 1 fully saturated rings. The summed E-state index contributed by atoms with van der Waals surface area (Å²) in [5.74, 6) is 0.235. The van der Waals surface area contributed by atoms with Gasteiger partial charge < -0.3 is 15.7 Å². The van der Waals surface area contributed by atoms with Gasteiger partial charge in [0.25, 0.3) is 0 Å². The molecule has 1 heterocycles. The number of rotatable bonds is 3. The summed E-state index contributed by atoms with van der Waals surface area (Å²) in [5.41, 5.74) is 4.94. The lowest BCUT2D eigenvalue weighted by Gasteiger charge is -2.33. The van der Waals surface area contributed by atoms with Gasteiger partial charge in [0.15, 0.2) is 0 Å². The van der Waals surface area contributed by atoms with Crippen LogP contribution in [-0.4, -0.2) is 29.8 Å². The Hall–Kier alpha value is -1.34. The summed E-state index contributed by atoms with van der Waals surface area (Å²) in [7, 11) is 0. The second-order valence-electron chi connectivity index (χ2n) is 5.20. The monoisotopic (exact) mass is 318 g/mol. The number of hydrogen-bond donors (Lipinski definition) is 2. The van der Waals surface area contributed by atoms with Gasteiger partial charge in [-0.15, -0.1) is 0 Å². The molecule has 0 aromatic heterocycles. The predicted molar refractivity (Wildman–Crippen MR) is 79.4 cm³/mol. The van der Waals surface area contributed by atoms with Gasteiger partial charge in [0, 0.05) is 30.9 Å². The lowest BCUT2D eigenvalue weighted by molar-refractivity contribution is -0.137. The molecular weight excluding hydrogens is 301 g/mol. The molecule has 0 atom stereocenters. The number of hydrogen-bond acceptors (Lipinski definition) is 3. The van der Waals surface area contributed by atoms with E-state index in [2.05, 4.69) is 12.2 Å². The number of nitrogens with zero attached hydrogens (tertiary/aromatic N) is 1. The van der Waals surface area contributed by atoms with Gasteiger partial charge in [-0.25, -0.2) is 0 Å². The van der Waals surface area contributed by atoms with E-state index in [0.29, 0.717) is 18.8 Å². The zero-order valence-electron chi connectivity index (χ0n) is 11.4. The highest BCUT2D eigenvalue weighted by molar-refractivity contribution is 7.80. The number of halogens is 3. The molecule has 7 heteroatoms. The lowest BCUT2D eigenvalue weighted by Crippen LogP contribution is -2.35. The fraction of sp³-hybridized carbons (Fsp3) is 0.500. The van der Waals surface area contributed by atoms with Crippen LogP contribution in [0, 0.1) is 5.92 Å². The maximum absolute atomic E-state index is 13.1. The molecule has 0 aliphatic carbocycles. The fourth-order valence-corrected chi connectivity index (χ4v) is 2.73. The molecule has 0 amide bonds. The number of nitrogens with two attached hydrogens (primary N) is 1. The van der Waals surface area contributed by atoms with Crippen LogP contribution in [0.5, 0.6) is 0 Å². The molecule has 0 saturated carbocycles. The number of thiocarbonyl (C=S) groups is 1. The SMILES string of the molecule is NC(=S)c1ccc(N2CCC(CO)CC2)cc1C(F)(F)F. The molecule has 0 spiro atoms. The van der Waals surface area contributed by atoms with E-state index in [1.807, 2.05) is 4.90 Å². The van der Waals surface area contributed by atoms with Gasteiger partial charge in [-0.2, -0.15) is 13.2 Å². The Bertz CT molecular complexity index is 525. The summed E-state index contributed by atoms with van der Waals surface area (Å²) in [4.78, 5) is 1.64. The smallest absolute Gasteiger partial charge is 0.396 e. The first-order valence-electron chi connectivity index (χ1n) is 6.69. The summed E-state index contributed by atoms with van der Waals surface area (Å²) >= 11 is 4.69. The first-order valence-corrected chi connectivity index (χ1v) is 7.10. The third-order valence-corrected chi connectivity index (χ3v) is 4.03. The zero-order chi connectivity index (χ0) is 15.6. The molecule has 3 nitrogen and oxygen atoms in total. The van der Waals surface area contributed by atoms with Crippen LogP contribution in [0.1, 0.15) is 24.0 Å². The van der Waals surface area contributed by atoms with Gasteiger partial charge in [0.05, 0.1) is 5.56 Å². The van der Waals surface area contributed by atoms with E-state index in [-0.39, 0.29) is 23.1 Å². The van der Waals surface area contributed by atoms with Gasteiger partial charge in [-0.3, -0.25) is 0 Å². The van der Waals surface area contributed by atoms with Crippen LogP contribution in [0.25, 0.3) is 0 Å². The van der Waals surface area contributed by atoms with Crippen LogP contribution in [0.4, 0.5) is 18.9 Å². The average Bonchev–Trinajstić information content (AvgIpc) is 2.45. The predicted octanol–water partition coefficient (Wildman–Crippen LogP) is 2.55. The molecule has 1 aromatic carbocycles. The van der Waals surface area contributed by atoms with Gasteiger partial charge in [0.2, 0.25) is 0 Å². The van der Waals surface area contributed by atoms with Gasteiger partial charge in [-0.1, -0.05) is 12.2 Å². The highest BCUT2D eigenvalue weighted by Crippen LogP contribution is 2.35. The Labute approximate surface area is 126 Å². The van der Waals surface area contributed by atoms with Crippen LogP contribution in [0.3, 0.4) is 0 Å². The van der Waals surface area contributed by atoms with E-state index < -0.39 is 11.7 Å². The molecule has 1 aliphatic rings. The number of anilines is 1. The van der Waals surface area contributed by atoms with Crippen molar-refractivity contribution in [1.29, 1.82) is 0 Å². The standard InChI is InChI=1S/C14H17F3N2OS/c15-14(16,17)12-7-10(1-2-11(12)13(18)21)19-5-3-9(8-20)4-6-19/h1-2,7,9,20H,3-6,8H2,(H2,18,21). The molecule has 116 valence electrons. The van der Waals surface area contributed by atoms with Crippen LogP contribution >= 0.6 is 12.2 Å². The van der Waals surface area contributed by atoms with Gasteiger partial charge in [-0.05, 0) is 37.0 Å². The van der Waals surface area contributed by atoms with Crippen LogP contribution < -0.4 is 10.6 Å². The minimum atomic E-state index is -4.49. The van der Waals surface area contributed by atoms with Crippen molar-refractivity contribution in [1.82, 2.24) is 0 Å². The average molecular weight is 318 g/mol. The minimum Gasteiger partial charge on any atom is -0.396 e. The number of benzene rings is 1. The lowest BCUT2D eigenvalue weighted by atomic mass is 9.97. The summed E-state index contributed by atoms with van der Waals surface area (Å²) in [6.45, 7) is 1.39. The molecular formula is C14H17F3N2OS. The van der Waals surface area contributed by atoms with Crippen molar-refractivity contribution in [2.75, 3.05) is 24.6 Å². The van der Waals surface area contributed by atoms with Crippen molar-refractivity contribution in [3.8, 4) is 0 Å². The topological polar surface area (TPSA) is 49.5 Å². The molecule has 3 N–H and O–H groups in total. The molecule has 21 heavy (non-hydrogen) atoms. The second-order valence-corrected chi connectivity index (χ2v) is 5.64. The quantitative estimate of drug-likeness (QED) is 0.841. The number of piperidine rings is 1. The highest BCUT2D eigenvalue weighted by atomic mass is 32.1. The molecule has 1 saturated heterocycles. The third kappa shape index (κ3) is 3.65. The number of aliphatic hydroxyl groups is 1. The van der Waals surface area contributed by atoms with Crippen molar-refractivity contribution in [2.24, 2.45) is 11.7 Å². The molecule has 0 radical (unpaired) electrons. The van der Waals surface area contributed by atoms with Crippen LogP contribution in [0.2, 0.25) is 0 Å². The Kier molecular flexibility index (Phi) is 4.73. The van der Waals surface area contributed by atoms with E-state index in [1.54, 1.807) is 6.07 Å². The molecule has 2 rings (SSSR count). The molecule has 1 aromatic rings. The highest BCUT2D eigenvalue weighted by Gasteiger charge is 2.35. The van der Waals surface area contributed by atoms with Crippen molar-refractivity contribution in [3.63, 3.8) is 0 Å². The molecule has 0 bridgehead atoms. The normalized spacial score (nSPS) is 17.0. The Morgan fingerprint density at radius 1 is 1.33 bits per heavy atom.